The van der Waals surface area contributed by atoms with Crippen molar-refractivity contribution in [3.05, 3.63) is 40.4 Å². The second kappa shape index (κ2) is 9.54. The lowest BCUT2D eigenvalue weighted by Crippen LogP contribution is -2.46. The summed E-state index contributed by atoms with van der Waals surface area (Å²) in [6.07, 6.45) is 3.72. The molecule has 1 amide bonds. The van der Waals surface area contributed by atoms with Gasteiger partial charge >= 0.3 is 0 Å². The Labute approximate surface area is 196 Å². The molecule has 4 rings (SSSR count). The van der Waals surface area contributed by atoms with E-state index in [-0.39, 0.29) is 17.5 Å². The minimum atomic E-state index is -0.558. The highest BCUT2D eigenvalue weighted by Gasteiger charge is 2.45. The van der Waals surface area contributed by atoms with E-state index in [0.717, 1.165) is 50.1 Å². The van der Waals surface area contributed by atoms with Crippen molar-refractivity contribution < 1.29 is 13.9 Å². The number of morpholine rings is 1. The molecule has 0 unspecified atom stereocenters. The van der Waals surface area contributed by atoms with E-state index in [1.54, 1.807) is 13.1 Å². The SMILES string of the molecule is CN/C(=C\C=N)Nc1ncc(F)c(-c2cc3c(s2)C(C)(C)N(CCN2CCOCC2)C3=O)n1. The first-order valence-corrected chi connectivity index (χ1v) is 11.6. The summed E-state index contributed by atoms with van der Waals surface area (Å²) in [5.74, 6) is 0.102. The summed E-state index contributed by atoms with van der Waals surface area (Å²) in [4.78, 5) is 27.3. The number of halogens is 1. The summed E-state index contributed by atoms with van der Waals surface area (Å²) in [5.41, 5.74) is 0.257. The average molecular weight is 474 g/mol. The zero-order valence-electron chi connectivity index (χ0n) is 18.9. The number of carbonyl (C=O) groups excluding carboxylic acids is 1. The number of ether oxygens (including phenoxy) is 1. The van der Waals surface area contributed by atoms with Crippen LogP contribution < -0.4 is 10.6 Å². The first kappa shape index (κ1) is 23.3. The predicted octanol–water partition coefficient (Wildman–Crippen LogP) is 2.49. The van der Waals surface area contributed by atoms with Crippen LogP contribution >= 0.6 is 11.3 Å². The lowest BCUT2D eigenvalue weighted by atomic mass is 10.0. The van der Waals surface area contributed by atoms with Gasteiger partial charge in [-0.1, -0.05) is 0 Å². The van der Waals surface area contributed by atoms with Crippen LogP contribution in [0, 0.1) is 11.2 Å². The number of carbonyl (C=O) groups is 1. The lowest BCUT2D eigenvalue weighted by Gasteiger charge is -2.35. The van der Waals surface area contributed by atoms with Gasteiger partial charge in [0.15, 0.2) is 5.82 Å². The molecule has 176 valence electrons. The van der Waals surface area contributed by atoms with Gasteiger partial charge in [-0.3, -0.25) is 9.69 Å². The number of nitrogens with zero attached hydrogens (tertiary/aromatic N) is 4. The largest absolute Gasteiger partial charge is 0.379 e. The zero-order chi connectivity index (χ0) is 23.6. The highest BCUT2D eigenvalue weighted by Crippen LogP contribution is 2.46. The van der Waals surface area contributed by atoms with E-state index in [1.807, 2.05) is 18.7 Å². The second-order valence-electron chi connectivity index (χ2n) is 8.34. The maximum absolute atomic E-state index is 14.7. The van der Waals surface area contributed by atoms with Crippen LogP contribution in [-0.4, -0.2) is 78.3 Å². The van der Waals surface area contributed by atoms with Crippen LogP contribution in [0.5, 0.6) is 0 Å². The van der Waals surface area contributed by atoms with Gasteiger partial charge in [0.25, 0.3) is 5.91 Å². The monoisotopic (exact) mass is 473 g/mol. The van der Waals surface area contributed by atoms with Crippen molar-refractivity contribution in [2.75, 3.05) is 51.8 Å². The number of fused-ring (bicyclic) bond motifs is 1. The van der Waals surface area contributed by atoms with Crippen molar-refractivity contribution in [2.24, 2.45) is 0 Å². The van der Waals surface area contributed by atoms with Gasteiger partial charge in [0.1, 0.15) is 11.5 Å². The zero-order valence-corrected chi connectivity index (χ0v) is 19.8. The molecule has 0 atom stereocenters. The van der Waals surface area contributed by atoms with Crippen LogP contribution in [0.2, 0.25) is 0 Å². The number of thiophene rings is 1. The van der Waals surface area contributed by atoms with E-state index in [4.69, 9.17) is 10.1 Å². The number of nitrogens with one attached hydrogen (secondary N) is 3. The van der Waals surface area contributed by atoms with Crippen molar-refractivity contribution in [2.45, 2.75) is 19.4 Å². The lowest BCUT2D eigenvalue weighted by molar-refractivity contribution is 0.0263. The first-order chi connectivity index (χ1) is 15.8. The molecule has 11 heteroatoms. The van der Waals surface area contributed by atoms with Crippen LogP contribution in [0.25, 0.3) is 10.6 Å². The molecule has 0 saturated carbocycles. The summed E-state index contributed by atoms with van der Waals surface area (Å²) in [5, 5.41) is 13.0. The van der Waals surface area contributed by atoms with Crippen LogP contribution in [0.4, 0.5) is 10.3 Å². The molecule has 2 aliphatic rings. The maximum atomic E-state index is 14.7. The summed E-state index contributed by atoms with van der Waals surface area (Å²) < 4.78 is 20.1. The number of hydrogen-bond donors (Lipinski definition) is 3. The molecule has 1 fully saturated rings. The van der Waals surface area contributed by atoms with E-state index in [9.17, 15) is 9.18 Å². The third-order valence-electron chi connectivity index (χ3n) is 5.92. The second-order valence-corrected chi connectivity index (χ2v) is 9.39. The summed E-state index contributed by atoms with van der Waals surface area (Å²) in [6.45, 7) is 8.69. The number of allylic oxidation sites excluding steroid dienone is 1. The molecule has 2 aliphatic heterocycles. The number of amides is 1. The van der Waals surface area contributed by atoms with Crippen LogP contribution in [-0.2, 0) is 10.3 Å². The van der Waals surface area contributed by atoms with E-state index in [2.05, 4.69) is 25.5 Å². The van der Waals surface area contributed by atoms with E-state index >= 15 is 0 Å². The highest BCUT2D eigenvalue weighted by molar-refractivity contribution is 7.16. The smallest absolute Gasteiger partial charge is 0.255 e. The Morgan fingerprint density at radius 3 is 2.79 bits per heavy atom. The number of aromatic nitrogens is 2. The standard InChI is InChI=1S/C22H28FN7O2S/c1-22(2)19-14(20(31)30(22)7-6-29-8-10-32-11-9-29)12-16(33-19)18-15(23)13-26-21(28-18)27-17(25-3)4-5-24/h4-5,12-13,24-25H,6-11H2,1-3H3,(H,26,27,28)/b17-4+,24-5?. The van der Waals surface area contributed by atoms with Crippen LogP contribution in [0.3, 0.4) is 0 Å². The minimum Gasteiger partial charge on any atom is -0.379 e. The Hall–Kier alpha value is -2.89. The molecular weight excluding hydrogens is 445 g/mol. The van der Waals surface area contributed by atoms with Gasteiger partial charge < -0.3 is 25.7 Å². The molecule has 33 heavy (non-hydrogen) atoms. The van der Waals surface area contributed by atoms with Gasteiger partial charge in [0.2, 0.25) is 5.95 Å². The fourth-order valence-corrected chi connectivity index (χ4v) is 5.33. The molecule has 0 aromatic carbocycles. The van der Waals surface area contributed by atoms with Crippen molar-refractivity contribution in [1.82, 2.24) is 25.1 Å². The molecule has 0 radical (unpaired) electrons. The predicted molar refractivity (Wildman–Crippen MR) is 126 cm³/mol. The molecule has 0 spiro atoms. The van der Waals surface area contributed by atoms with Crippen molar-refractivity contribution in [3.63, 3.8) is 0 Å². The third-order valence-corrected chi connectivity index (χ3v) is 7.38. The number of anilines is 1. The summed E-state index contributed by atoms with van der Waals surface area (Å²) >= 11 is 1.39. The van der Waals surface area contributed by atoms with Crippen molar-refractivity contribution in [3.8, 4) is 10.6 Å². The average Bonchev–Trinajstić information content (AvgIpc) is 3.33. The van der Waals surface area contributed by atoms with Crippen molar-refractivity contribution in [1.29, 1.82) is 5.41 Å². The third kappa shape index (κ3) is 4.61. The van der Waals surface area contributed by atoms with Crippen LogP contribution in [0.1, 0.15) is 29.1 Å². The number of hydrogen-bond acceptors (Lipinski definition) is 9. The highest BCUT2D eigenvalue weighted by atomic mass is 32.1. The number of rotatable bonds is 8. The molecule has 9 nitrogen and oxygen atoms in total. The van der Waals surface area contributed by atoms with Crippen LogP contribution in [0.15, 0.2) is 24.2 Å². The molecular formula is C22H28FN7O2S. The fourth-order valence-electron chi connectivity index (χ4n) is 4.08. The Kier molecular flexibility index (Phi) is 6.73. The Morgan fingerprint density at radius 2 is 2.12 bits per heavy atom. The molecule has 1 saturated heterocycles. The van der Waals surface area contributed by atoms with Gasteiger partial charge in [-0.05, 0) is 26.0 Å². The minimum absolute atomic E-state index is 0.0371. The van der Waals surface area contributed by atoms with E-state index < -0.39 is 11.4 Å². The molecule has 4 heterocycles. The Balaban J connectivity index is 1.56. The summed E-state index contributed by atoms with van der Waals surface area (Å²) in [6, 6.07) is 1.74. The van der Waals surface area contributed by atoms with Gasteiger partial charge in [0, 0.05) is 44.3 Å². The summed E-state index contributed by atoms with van der Waals surface area (Å²) in [7, 11) is 1.69. The normalized spacial score (nSPS) is 18.4. The van der Waals surface area contributed by atoms with Gasteiger partial charge in [0.05, 0.1) is 35.4 Å². The molecule has 2 aromatic heterocycles. The molecule has 0 aliphatic carbocycles. The molecule has 3 N–H and O–H groups in total. The van der Waals surface area contributed by atoms with E-state index in [0.29, 0.717) is 22.8 Å². The Morgan fingerprint density at radius 1 is 1.36 bits per heavy atom. The van der Waals surface area contributed by atoms with Crippen molar-refractivity contribution >= 4 is 29.4 Å². The van der Waals surface area contributed by atoms with Gasteiger partial charge in [-0.15, -0.1) is 11.3 Å². The first-order valence-electron chi connectivity index (χ1n) is 10.8. The Bertz CT molecular complexity index is 1080. The fraction of sp³-hybridized carbons (Fsp3) is 0.455. The maximum Gasteiger partial charge on any atom is 0.255 e. The van der Waals surface area contributed by atoms with E-state index in [1.165, 1.54) is 17.4 Å². The molecule has 2 aromatic rings. The quantitative estimate of drug-likeness (QED) is 0.506. The van der Waals surface area contributed by atoms with Gasteiger partial charge in [-0.2, -0.15) is 0 Å². The molecule has 0 bridgehead atoms. The van der Waals surface area contributed by atoms with Gasteiger partial charge in [-0.25, -0.2) is 14.4 Å². The topological polar surface area (TPSA) is 106 Å².